The van der Waals surface area contributed by atoms with Gasteiger partial charge in [-0.1, -0.05) is 0 Å². The minimum Gasteiger partial charge on any atom is -0.397 e. The molecule has 2 rings (SSSR count). The summed E-state index contributed by atoms with van der Waals surface area (Å²) in [6.45, 7) is 6.42. The predicted octanol–water partition coefficient (Wildman–Crippen LogP) is 2.42. The predicted molar refractivity (Wildman–Crippen MR) is 86.6 cm³/mol. The second-order valence-corrected chi connectivity index (χ2v) is 6.32. The third kappa shape index (κ3) is 3.16. The third-order valence-corrected chi connectivity index (χ3v) is 4.47. The first-order chi connectivity index (χ1) is 9.95. The summed E-state index contributed by atoms with van der Waals surface area (Å²) < 4.78 is 0. The number of carbonyl (C=O) groups excluding carboxylic acids is 1. The second kappa shape index (κ2) is 6.41. The number of fused-ring (bicyclic) bond motifs is 1. The Kier molecular flexibility index (Phi) is 4.80. The minimum atomic E-state index is -0.0865. The molecule has 0 fully saturated rings. The summed E-state index contributed by atoms with van der Waals surface area (Å²) in [4.78, 5) is 20.2. The van der Waals surface area contributed by atoms with Gasteiger partial charge in [0.25, 0.3) is 5.91 Å². The maximum atomic E-state index is 12.7. The van der Waals surface area contributed by atoms with Crippen molar-refractivity contribution in [3.05, 3.63) is 22.7 Å². The average Bonchev–Trinajstić information content (AvgIpc) is 2.75. The smallest absolute Gasteiger partial charge is 0.266 e. The fraction of sp³-hybridized carbons (Fsp3) is 0.467. The molecule has 0 atom stereocenters. The highest BCUT2D eigenvalue weighted by atomic mass is 32.1. The first-order valence-corrected chi connectivity index (χ1v) is 7.84. The topological polar surface area (TPSA) is 79.5 Å². The molecule has 0 radical (unpaired) electrons. The van der Waals surface area contributed by atoms with E-state index in [1.54, 1.807) is 4.90 Å². The Morgan fingerprint density at radius 3 is 2.81 bits per heavy atom. The molecule has 2 aromatic heterocycles. The van der Waals surface area contributed by atoms with Gasteiger partial charge in [0, 0.05) is 30.3 Å². The lowest BCUT2D eigenvalue weighted by Gasteiger charge is -2.26. The number of amides is 1. The van der Waals surface area contributed by atoms with Crippen LogP contribution in [0.1, 0.15) is 35.6 Å². The van der Waals surface area contributed by atoms with Crippen molar-refractivity contribution in [3.8, 4) is 0 Å². The number of carbonyl (C=O) groups is 1. The van der Waals surface area contributed by atoms with Crippen molar-refractivity contribution in [2.75, 3.05) is 18.9 Å². The van der Waals surface area contributed by atoms with E-state index in [0.717, 1.165) is 15.9 Å². The number of aromatic nitrogens is 1. The molecule has 0 saturated heterocycles. The van der Waals surface area contributed by atoms with Gasteiger partial charge in [-0.15, -0.1) is 11.3 Å². The number of thiophene rings is 1. The largest absolute Gasteiger partial charge is 0.397 e. The van der Waals surface area contributed by atoms with Gasteiger partial charge in [0.05, 0.1) is 5.69 Å². The molecule has 0 aliphatic carbocycles. The van der Waals surface area contributed by atoms with Crippen LogP contribution in [0, 0.1) is 6.92 Å². The number of aryl methyl sites for hydroxylation is 1. The van der Waals surface area contributed by atoms with Crippen molar-refractivity contribution in [3.63, 3.8) is 0 Å². The first kappa shape index (κ1) is 15.7. The third-order valence-electron chi connectivity index (χ3n) is 3.37. The van der Waals surface area contributed by atoms with Gasteiger partial charge in [0.1, 0.15) is 9.71 Å². The van der Waals surface area contributed by atoms with Crippen molar-refractivity contribution < 1.29 is 9.90 Å². The van der Waals surface area contributed by atoms with Crippen LogP contribution in [0.4, 0.5) is 5.69 Å². The molecular formula is C15H21N3O2S. The van der Waals surface area contributed by atoms with Crippen molar-refractivity contribution in [1.29, 1.82) is 0 Å². The fourth-order valence-electron chi connectivity index (χ4n) is 2.21. The zero-order valence-corrected chi connectivity index (χ0v) is 13.4. The van der Waals surface area contributed by atoms with Gasteiger partial charge < -0.3 is 15.7 Å². The van der Waals surface area contributed by atoms with Crippen LogP contribution in [-0.4, -0.2) is 40.1 Å². The average molecular weight is 307 g/mol. The zero-order valence-electron chi connectivity index (χ0n) is 12.6. The summed E-state index contributed by atoms with van der Waals surface area (Å²) in [6.07, 6.45) is 0.562. The van der Waals surface area contributed by atoms with Crippen LogP contribution < -0.4 is 5.73 Å². The number of anilines is 1. The molecule has 0 spiro atoms. The van der Waals surface area contributed by atoms with Gasteiger partial charge in [0.2, 0.25) is 0 Å². The van der Waals surface area contributed by atoms with Crippen LogP contribution in [0.3, 0.4) is 0 Å². The van der Waals surface area contributed by atoms with Gasteiger partial charge in [0.15, 0.2) is 0 Å². The molecule has 0 aliphatic rings. The lowest BCUT2D eigenvalue weighted by Crippen LogP contribution is -2.37. The van der Waals surface area contributed by atoms with Gasteiger partial charge >= 0.3 is 0 Å². The molecule has 2 heterocycles. The number of hydrogen-bond acceptors (Lipinski definition) is 5. The standard InChI is InChI=1S/C15H21N3O2S/c1-9(2)18(7-4-8-19)15(20)13-12(16)11-6-5-10(3)17-14(11)21-13/h5-6,9,19H,4,7-8,16H2,1-3H3. The van der Waals surface area contributed by atoms with E-state index in [-0.39, 0.29) is 18.6 Å². The molecule has 0 aromatic carbocycles. The summed E-state index contributed by atoms with van der Waals surface area (Å²) >= 11 is 1.34. The zero-order chi connectivity index (χ0) is 15.6. The maximum Gasteiger partial charge on any atom is 0.266 e. The molecule has 1 amide bonds. The highest BCUT2D eigenvalue weighted by molar-refractivity contribution is 7.21. The van der Waals surface area contributed by atoms with Crippen LogP contribution in [0.2, 0.25) is 0 Å². The number of aliphatic hydroxyl groups excluding tert-OH is 1. The van der Waals surface area contributed by atoms with Gasteiger partial charge in [-0.3, -0.25) is 4.79 Å². The monoisotopic (exact) mass is 307 g/mol. The SMILES string of the molecule is Cc1ccc2c(N)c(C(=O)N(CCCO)C(C)C)sc2n1. The van der Waals surface area contributed by atoms with Crippen LogP contribution in [-0.2, 0) is 0 Å². The Labute approximate surface area is 128 Å². The Morgan fingerprint density at radius 2 is 2.19 bits per heavy atom. The van der Waals surface area contributed by atoms with E-state index in [1.807, 2.05) is 32.9 Å². The number of rotatable bonds is 5. The Bertz CT molecular complexity index is 652. The normalized spacial score (nSPS) is 11.3. The summed E-state index contributed by atoms with van der Waals surface area (Å²) in [5.74, 6) is -0.0865. The molecule has 3 N–H and O–H groups in total. The summed E-state index contributed by atoms with van der Waals surface area (Å²) in [5.41, 5.74) is 7.54. The van der Waals surface area contributed by atoms with Crippen molar-refractivity contribution in [2.24, 2.45) is 0 Å². The number of pyridine rings is 1. The Balaban J connectivity index is 2.39. The molecule has 2 aromatic rings. The highest BCUT2D eigenvalue weighted by Crippen LogP contribution is 2.33. The molecule has 21 heavy (non-hydrogen) atoms. The highest BCUT2D eigenvalue weighted by Gasteiger charge is 2.24. The lowest BCUT2D eigenvalue weighted by molar-refractivity contribution is 0.0699. The van der Waals surface area contributed by atoms with E-state index in [1.165, 1.54) is 11.3 Å². The molecule has 114 valence electrons. The Morgan fingerprint density at radius 1 is 1.48 bits per heavy atom. The molecular weight excluding hydrogens is 286 g/mol. The van der Waals surface area contributed by atoms with Crippen LogP contribution in [0.25, 0.3) is 10.2 Å². The van der Waals surface area contributed by atoms with Gasteiger partial charge in [-0.05, 0) is 39.3 Å². The fourth-order valence-corrected chi connectivity index (χ4v) is 3.31. The molecule has 0 saturated carbocycles. The van der Waals surface area contributed by atoms with Crippen molar-refractivity contribution >= 4 is 33.1 Å². The number of aliphatic hydroxyl groups is 1. The number of nitrogens with two attached hydrogens (primary N) is 1. The van der Waals surface area contributed by atoms with Crippen molar-refractivity contribution in [2.45, 2.75) is 33.2 Å². The van der Waals surface area contributed by atoms with Crippen LogP contribution in [0.15, 0.2) is 12.1 Å². The van der Waals surface area contributed by atoms with E-state index in [0.29, 0.717) is 23.5 Å². The second-order valence-electron chi connectivity index (χ2n) is 5.32. The van der Waals surface area contributed by atoms with Crippen LogP contribution >= 0.6 is 11.3 Å². The quantitative estimate of drug-likeness (QED) is 0.889. The van der Waals surface area contributed by atoms with E-state index in [2.05, 4.69) is 4.98 Å². The number of nitrogens with zero attached hydrogens (tertiary/aromatic N) is 2. The number of hydrogen-bond donors (Lipinski definition) is 2. The minimum absolute atomic E-state index is 0.0587. The lowest BCUT2D eigenvalue weighted by atomic mass is 10.2. The number of nitrogen functional groups attached to an aromatic ring is 1. The van der Waals surface area contributed by atoms with Gasteiger partial charge in [-0.25, -0.2) is 4.98 Å². The van der Waals surface area contributed by atoms with E-state index in [4.69, 9.17) is 10.8 Å². The molecule has 6 heteroatoms. The van der Waals surface area contributed by atoms with Crippen LogP contribution in [0.5, 0.6) is 0 Å². The molecule has 0 aliphatic heterocycles. The maximum absolute atomic E-state index is 12.7. The van der Waals surface area contributed by atoms with E-state index in [9.17, 15) is 4.79 Å². The van der Waals surface area contributed by atoms with Gasteiger partial charge in [-0.2, -0.15) is 0 Å². The van der Waals surface area contributed by atoms with E-state index >= 15 is 0 Å². The summed E-state index contributed by atoms with van der Waals surface area (Å²) in [5, 5.41) is 9.81. The van der Waals surface area contributed by atoms with E-state index < -0.39 is 0 Å². The van der Waals surface area contributed by atoms with Crippen molar-refractivity contribution in [1.82, 2.24) is 9.88 Å². The molecule has 5 nitrogen and oxygen atoms in total. The molecule has 0 bridgehead atoms. The summed E-state index contributed by atoms with van der Waals surface area (Å²) in [7, 11) is 0. The summed E-state index contributed by atoms with van der Waals surface area (Å²) in [6, 6.07) is 3.86. The molecule has 0 unspecified atom stereocenters. The Hall–Kier alpha value is -1.66. The first-order valence-electron chi connectivity index (χ1n) is 7.03.